The van der Waals surface area contributed by atoms with E-state index >= 15 is 0 Å². The van der Waals surface area contributed by atoms with Crippen LogP contribution < -0.4 is 0 Å². The van der Waals surface area contributed by atoms with Crippen molar-refractivity contribution in [1.29, 1.82) is 0 Å². The van der Waals surface area contributed by atoms with Crippen LogP contribution in [0.3, 0.4) is 0 Å². The number of carbonyl (C=O) groups is 1. The summed E-state index contributed by atoms with van der Waals surface area (Å²) >= 11 is 0. The van der Waals surface area contributed by atoms with Crippen molar-refractivity contribution in [3.8, 4) is 0 Å². The highest BCUT2D eigenvalue weighted by molar-refractivity contribution is 6.01. The van der Waals surface area contributed by atoms with Crippen LogP contribution in [-0.2, 0) is 16.2 Å². The highest BCUT2D eigenvalue weighted by atomic mass is 19.1. The maximum Gasteiger partial charge on any atom is 0.223 e. The molecule has 0 saturated heterocycles. The molecule has 1 atom stereocenters. The van der Waals surface area contributed by atoms with Gasteiger partial charge < -0.3 is 9.74 Å². The molecule has 1 aliphatic rings. The average molecular weight is 400 g/mol. The molecule has 154 valence electrons. The summed E-state index contributed by atoms with van der Waals surface area (Å²) in [6.45, 7) is 6.42. The van der Waals surface area contributed by atoms with Crippen LogP contribution in [0.4, 0.5) is 8.78 Å². The van der Waals surface area contributed by atoms with Crippen LogP contribution in [-0.4, -0.2) is 29.2 Å². The van der Waals surface area contributed by atoms with Crippen molar-refractivity contribution < 1.29 is 18.4 Å². The third kappa shape index (κ3) is 5.86. The summed E-state index contributed by atoms with van der Waals surface area (Å²) in [6, 6.07) is 12.6. The molecule has 6 heteroatoms. The number of halogens is 2. The van der Waals surface area contributed by atoms with Gasteiger partial charge in [-0.1, -0.05) is 56.3 Å². The fourth-order valence-corrected chi connectivity index (χ4v) is 3.26. The van der Waals surface area contributed by atoms with Crippen LogP contribution in [0.2, 0.25) is 0 Å². The first-order valence-electron chi connectivity index (χ1n) is 9.71. The Morgan fingerprint density at radius 1 is 1.17 bits per heavy atom. The molecule has 0 aliphatic carbocycles. The van der Waals surface area contributed by atoms with Gasteiger partial charge in [0, 0.05) is 30.5 Å². The van der Waals surface area contributed by atoms with E-state index in [1.165, 1.54) is 18.2 Å². The third-order valence-corrected chi connectivity index (χ3v) is 4.67. The van der Waals surface area contributed by atoms with Gasteiger partial charge in [-0.3, -0.25) is 4.79 Å². The highest BCUT2D eigenvalue weighted by Crippen LogP contribution is 2.24. The highest BCUT2D eigenvalue weighted by Gasteiger charge is 2.29. The minimum atomic E-state index is -0.357. The number of nitrogens with zero attached hydrogens (tertiary/aromatic N) is 2. The van der Waals surface area contributed by atoms with Gasteiger partial charge in [0.15, 0.2) is 6.10 Å². The molecular formula is C23H26F2N2O2. The van der Waals surface area contributed by atoms with Gasteiger partial charge in [-0.25, -0.2) is 8.78 Å². The maximum absolute atomic E-state index is 14.2. The SMILES string of the molecule is CC(C)(C)CC(=O)N(Cc1ccccc1F)C[C@H]1CC(c2cccc(F)c2)=NO1. The summed E-state index contributed by atoms with van der Waals surface area (Å²) in [5, 5.41) is 4.08. The standard InChI is InChI=1S/C23H26F2N2O2/c1-23(2,3)13-22(28)27(14-17-7-4-5-10-20(17)25)15-19-12-21(26-29-19)16-8-6-9-18(24)11-16/h4-11,19H,12-15H2,1-3H3/t19-/m1/s1. The van der Waals surface area contributed by atoms with E-state index in [4.69, 9.17) is 4.84 Å². The van der Waals surface area contributed by atoms with Crippen molar-refractivity contribution in [2.45, 2.75) is 46.3 Å². The minimum Gasteiger partial charge on any atom is -0.390 e. The van der Waals surface area contributed by atoms with Gasteiger partial charge in [0.1, 0.15) is 11.6 Å². The average Bonchev–Trinajstić information content (AvgIpc) is 3.10. The van der Waals surface area contributed by atoms with Gasteiger partial charge in [-0.15, -0.1) is 0 Å². The number of hydrogen-bond donors (Lipinski definition) is 0. The fraction of sp³-hybridized carbons (Fsp3) is 0.391. The molecule has 0 saturated carbocycles. The van der Waals surface area contributed by atoms with E-state index in [0.717, 1.165) is 0 Å². The van der Waals surface area contributed by atoms with Gasteiger partial charge in [-0.2, -0.15) is 0 Å². The topological polar surface area (TPSA) is 41.9 Å². The molecule has 0 bridgehead atoms. The molecule has 29 heavy (non-hydrogen) atoms. The minimum absolute atomic E-state index is 0.0661. The van der Waals surface area contributed by atoms with Crippen LogP contribution in [0.25, 0.3) is 0 Å². The van der Waals surface area contributed by atoms with Crippen molar-refractivity contribution in [3.05, 3.63) is 71.3 Å². The third-order valence-electron chi connectivity index (χ3n) is 4.67. The summed E-state index contributed by atoms with van der Waals surface area (Å²) in [7, 11) is 0. The second kappa shape index (κ2) is 8.72. The zero-order valence-corrected chi connectivity index (χ0v) is 17.0. The molecule has 0 radical (unpaired) electrons. The van der Waals surface area contributed by atoms with Crippen molar-refractivity contribution in [1.82, 2.24) is 4.90 Å². The first kappa shape index (κ1) is 21.0. The lowest BCUT2D eigenvalue weighted by atomic mass is 9.91. The molecule has 4 nitrogen and oxygen atoms in total. The second-order valence-electron chi connectivity index (χ2n) is 8.58. The summed E-state index contributed by atoms with van der Waals surface area (Å²) < 4.78 is 27.6. The number of rotatable bonds is 6. The molecule has 1 amide bonds. The number of benzene rings is 2. The summed E-state index contributed by atoms with van der Waals surface area (Å²) in [4.78, 5) is 20.1. The molecule has 2 aromatic carbocycles. The first-order chi connectivity index (χ1) is 13.7. The van der Waals surface area contributed by atoms with Crippen LogP contribution in [0.15, 0.2) is 53.7 Å². The van der Waals surface area contributed by atoms with Crippen LogP contribution in [0, 0.1) is 17.0 Å². The zero-order valence-electron chi connectivity index (χ0n) is 17.0. The largest absolute Gasteiger partial charge is 0.390 e. The summed E-state index contributed by atoms with van der Waals surface area (Å²) in [5.41, 5.74) is 1.57. The van der Waals surface area contributed by atoms with E-state index in [1.807, 2.05) is 20.8 Å². The summed E-state index contributed by atoms with van der Waals surface area (Å²) in [5.74, 6) is -0.746. The Balaban J connectivity index is 1.72. The van der Waals surface area contributed by atoms with E-state index in [1.54, 1.807) is 35.2 Å². The molecule has 2 aromatic rings. The molecule has 1 aliphatic heterocycles. The quantitative estimate of drug-likeness (QED) is 0.690. The summed E-state index contributed by atoms with van der Waals surface area (Å²) in [6.07, 6.45) is 0.440. The van der Waals surface area contributed by atoms with Crippen molar-refractivity contribution >= 4 is 11.6 Å². The van der Waals surface area contributed by atoms with Gasteiger partial charge in [0.05, 0.1) is 12.3 Å². The number of amides is 1. The molecule has 0 N–H and O–H groups in total. The Bertz CT molecular complexity index is 906. The predicted octanol–water partition coefficient (Wildman–Crippen LogP) is 4.92. The lowest BCUT2D eigenvalue weighted by Crippen LogP contribution is -2.39. The van der Waals surface area contributed by atoms with Crippen LogP contribution in [0.5, 0.6) is 0 Å². The second-order valence-corrected chi connectivity index (χ2v) is 8.58. The van der Waals surface area contributed by atoms with E-state index in [2.05, 4.69) is 5.16 Å². The Kier molecular flexibility index (Phi) is 6.30. The van der Waals surface area contributed by atoms with Crippen molar-refractivity contribution in [3.63, 3.8) is 0 Å². The maximum atomic E-state index is 14.2. The molecule has 0 aromatic heterocycles. The van der Waals surface area contributed by atoms with Crippen LogP contribution >= 0.6 is 0 Å². The Morgan fingerprint density at radius 3 is 2.62 bits per heavy atom. The fourth-order valence-electron chi connectivity index (χ4n) is 3.26. The molecule has 3 rings (SSSR count). The van der Waals surface area contributed by atoms with Gasteiger partial charge in [0.2, 0.25) is 5.91 Å². The molecule has 0 unspecified atom stereocenters. The van der Waals surface area contributed by atoms with E-state index in [0.29, 0.717) is 29.7 Å². The lowest BCUT2D eigenvalue weighted by molar-refractivity contribution is -0.135. The van der Waals surface area contributed by atoms with E-state index < -0.39 is 0 Å². The predicted molar refractivity (Wildman–Crippen MR) is 108 cm³/mol. The smallest absolute Gasteiger partial charge is 0.223 e. The normalized spacial score (nSPS) is 16.3. The van der Waals surface area contributed by atoms with E-state index in [9.17, 15) is 13.6 Å². The Morgan fingerprint density at radius 2 is 1.93 bits per heavy atom. The van der Waals surface area contributed by atoms with Crippen molar-refractivity contribution in [2.75, 3.05) is 6.54 Å². The lowest BCUT2D eigenvalue weighted by Gasteiger charge is -2.28. The number of oxime groups is 1. The zero-order chi connectivity index (χ0) is 21.0. The number of carbonyl (C=O) groups excluding carboxylic acids is 1. The molecule has 0 fully saturated rings. The monoisotopic (exact) mass is 400 g/mol. The van der Waals surface area contributed by atoms with Crippen molar-refractivity contribution in [2.24, 2.45) is 10.6 Å². The molecular weight excluding hydrogens is 374 g/mol. The number of hydrogen-bond acceptors (Lipinski definition) is 3. The van der Waals surface area contributed by atoms with Gasteiger partial charge in [0.25, 0.3) is 0 Å². The van der Waals surface area contributed by atoms with Crippen LogP contribution in [0.1, 0.15) is 44.7 Å². The Hall–Kier alpha value is -2.76. The van der Waals surface area contributed by atoms with E-state index in [-0.39, 0.29) is 42.2 Å². The molecule has 0 spiro atoms. The van der Waals surface area contributed by atoms with Gasteiger partial charge >= 0.3 is 0 Å². The molecule has 1 heterocycles. The Labute approximate surface area is 170 Å². The van der Waals surface area contributed by atoms with Gasteiger partial charge in [-0.05, 0) is 23.6 Å². The first-order valence-corrected chi connectivity index (χ1v) is 9.71.